The molecule has 112 valence electrons. The summed E-state index contributed by atoms with van der Waals surface area (Å²) in [4.78, 5) is 13.6. The molecular formula is C12H22N6O2. The van der Waals surface area contributed by atoms with E-state index in [9.17, 15) is 4.79 Å². The van der Waals surface area contributed by atoms with Gasteiger partial charge in [-0.25, -0.2) is 5.84 Å². The van der Waals surface area contributed by atoms with Crippen LogP contribution in [-0.2, 0) is 6.54 Å². The van der Waals surface area contributed by atoms with Gasteiger partial charge in [-0.2, -0.15) is 0 Å². The summed E-state index contributed by atoms with van der Waals surface area (Å²) >= 11 is 0. The fourth-order valence-corrected chi connectivity index (χ4v) is 2.69. The number of carbonyl (C=O) groups is 1. The Kier molecular flexibility index (Phi) is 5.45. The zero-order valence-corrected chi connectivity index (χ0v) is 11.5. The number of aromatic nitrogens is 3. The summed E-state index contributed by atoms with van der Waals surface area (Å²) in [5.41, 5.74) is 2.24. The maximum absolute atomic E-state index is 11.3. The summed E-state index contributed by atoms with van der Waals surface area (Å²) in [5.74, 6) is 4.60. The van der Waals surface area contributed by atoms with E-state index in [2.05, 4.69) is 15.2 Å². The average molecular weight is 282 g/mol. The van der Waals surface area contributed by atoms with E-state index in [1.807, 2.05) is 5.43 Å². The van der Waals surface area contributed by atoms with Gasteiger partial charge in [0.25, 0.3) is 5.91 Å². The van der Waals surface area contributed by atoms with Crippen LogP contribution >= 0.6 is 0 Å². The summed E-state index contributed by atoms with van der Waals surface area (Å²) < 4.78 is 1.63. The lowest BCUT2D eigenvalue weighted by Crippen LogP contribution is -2.38. The van der Waals surface area contributed by atoms with Crippen molar-refractivity contribution in [3.05, 3.63) is 11.9 Å². The van der Waals surface area contributed by atoms with Crippen molar-refractivity contribution in [1.29, 1.82) is 0 Å². The fourth-order valence-electron chi connectivity index (χ4n) is 2.69. The van der Waals surface area contributed by atoms with E-state index in [1.165, 1.54) is 25.7 Å². The lowest BCUT2D eigenvalue weighted by atomic mass is 10.2. The van der Waals surface area contributed by atoms with Crippen LogP contribution in [0.3, 0.4) is 0 Å². The third kappa shape index (κ3) is 3.75. The van der Waals surface area contributed by atoms with Gasteiger partial charge >= 0.3 is 0 Å². The molecule has 0 aromatic carbocycles. The van der Waals surface area contributed by atoms with Gasteiger partial charge in [0.1, 0.15) is 0 Å². The number of nitrogens with two attached hydrogens (primary N) is 1. The predicted molar refractivity (Wildman–Crippen MR) is 72.6 cm³/mol. The van der Waals surface area contributed by atoms with Gasteiger partial charge in [-0.3, -0.25) is 19.8 Å². The van der Waals surface area contributed by atoms with Crippen molar-refractivity contribution in [2.24, 2.45) is 5.84 Å². The molecule has 1 fully saturated rings. The molecule has 0 atom stereocenters. The molecule has 0 aliphatic heterocycles. The number of aliphatic hydroxyl groups is 1. The monoisotopic (exact) mass is 282 g/mol. The van der Waals surface area contributed by atoms with E-state index < -0.39 is 5.91 Å². The Hall–Kier alpha value is -1.51. The van der Waals surface area contributed by atoms with Gasteiger partial charge in [-0.1, -0.05) is 18.1 Å². The second-order valence-electron chi connectivity index (χ2n) is 5.04. The quantitative estimate of drug-likeness (QED) is 0.340. The third-order valence-corrected chi connectivity index (χ3v) is 3.75. The van der Waals surface area contributed by atoms with Gasteiger partial charge in [-0.05, 0) is 12.8 Å². The number of hydrazine groups is 1. The van der Waals surface area contributed by atoms with Crippen molar-refractivity contribution >= 4 is 5.91 Å². The molecular weight excluding hydrogens is 260 g/mol. The predicted octanol–water partition coefficient (Wildman–Crippen LogP) is -0.881. The first-order valence-corrected chi connectivity index (χ1v) is 7.00. The molecule has 1 amide bonds. The summed E-state index contributed by atoms with van der Waals surface area (Å²) in [6, 6.07) is 0.553. The van der Waals surface area contributed by atoms with Crippen molar-refractivity contribution in [1.82, 2.24) is 25.3 Å². The van der Waals surface area contributed by atoms with E-state index in [1.54, 1.807) is 10.9 Å². The molecule has 0 unspecified atom stereocenters. The highest BCUT2D eigenvalue weighted by atomic mass is 16.3. The molecule has 1 saturated carbocycles. The highest BCUT2D eigenvalue weighted by Gasteiger charge is 2.22. The zero-order chi connectivity index (χ0) is 14.4. The molecule has 0 bridgehead atoms. The number of rotatable bonds is 7. The molecule has 1 aliphatic carbocycles. The maximum atomic E-state index is 11.3. The van der Waals surface area contributed by atoms with Crippen molar-refractivity contribution in [2.45, 2.75) is 38.3 Å². The molecule has 1 aliphatic rings. The van der Waals surface area contributed by atoms with Crippen LogP contribution in [0.5, 0.6) is 0 Å². The molecule has 8 heteroatoms. The van der Waals surface area contributed by atoms with Gasteiger partial charge in [0.05, 0.1) is 19.3 Å². The SMILES string of the molecule is NNC(=O)c1cn(CCN(CCO)C2CCCC2)nn1. The molecule has 4 N–H and O–H groups in total. The largest absolute Gasteiger partial charge is 0.395 e. The molecule has 0 saturated heterocycles. The summed E-state index contributed by atoms with van der Waals surface area (Å²) in [5, 5.41) is 16.8. The topological polar surface area (TPSA) is 109 Å². The molecule has 2 rings (SSSR count). The van der Waals surface area contributed by atoms with Gasteiger partial charge in [0, 0.05) is 19.1 Å². The van der Waals surface area contributed by atoms with Crippen LogP contribution in [0.15, 0.2) is 6.20 Å². The zero-order valence-electron chi connectivity index (χ0n) is 11.5. The van der Waals surface area contributed by atoms with Crippen molar-refractivity contribution in [3.63, 3.8) is 0 Å². The van der Waals surface area contributed by atoms with Crippen LogP contribution in [0.25, 0.3) is 0 Å². The highest BCUT2D eigenvalue weighted by Crippen LogP contribution is 2.23. The Morgan fingerprint density at radius 3 is 2.90 bits per heavy atom. The van der Waals surface area contributed by atoms with E-state index in [4.69, 9.17) is 10.9 Å². The Bertz CT molecular complexity index is 429. The van der Waals surface area contributed by atoms with Gasteiger partial charge in [-0.15, -0.1) is 5.10 Å². The number of nitrogens with zero attached hydrogens (tertiary/aromatic N) is 4. The van der Waals surface area contributed by atoms with E-state index in [-0.39, 0.29) is 12.3 Å². The van der Waals surface area contributed by atoms with E-state index in [0.717, 1.165) is 6.54 Å². The fraction of sp³-hybridized carbons (Fsp3) is 0.750. The normalized spacial score (nSPS) is 15.9. The second-order valence-corrected chi connectivity index (χ2v) is 5.04. The third-order valence-electron chi connectivity index (χ3n) is 3.75. The minimum absolute atomic E-state index is 0.161. The molecule has 0 radical (unpaired) electrons. The van der Waals surface area contributed by atoms with Gasteiger partial charge < -0.3 is 5.11 Å². The Balaban J connectivity index is 1.88. The highest BCUT2D eigenvalue weighted by molar-refractivity contribution is 5.91. The first-order valence-electron chi connectivity index (χ1n) is 7.00. The van der Waals surface area contributed by atoms with Crippen LogP contribution in [0, 0.1) is 0 Å². The average Bonchev–Trinajstić information content (AvgIpc) is 3.13. The van der Waals surface area contributed by atoms with Crippen LogP contribution in [0.1, 0.15) is 36.2 Å². The first kappa shape index (κ1) is 14.9. The Labute approximate surface area is 117 Å². The van der Waals surface area contributed by atoms with Crippen molar-refractivity contribution in [3.8, 4) is 0 Å². The minimum Gasteiger partial charge on any atom is -0.395 e. The van der Waals surface area contributed by atoms with Crippen LogP contribution in [0.4, 0.5) is 0 Å². The standard InChI is InChI=1S/C12H22N6O2/c13-14-12(20)11-9-18(16-15-11)6-5-17(7-8-19)10-3-1-2-4-10/h9-10,19H,1-8,13H2,(H,14,20). The van der Waals surface area contributed by atoms with Gasteiger partial charge in [0.2, 0.25) is 0 Å². The number of aliphatic hydroxyl groups excluding tert-OH is 1. The van der Waals surface area contributed by atoms with E-state index >= 15 is 0 Å². The van der Waals surface area contributed by atoms with Crippen LogP contribution in [0.2, 0.25) is 0 Å². The number of nitrogens with one attached hydrogen (secondary N) is 1. The molecule has 1 heterocycles. The van der Waals surface area contributed by atoms with Crippen molar-refractivity contribution in [2.75, 3.05) is 19.7 Å². The summed E-state index contributed by atoms with van der Waals surface area (Å²) in [7, 11) is 0. The number of carbonyl (C=O) groups excluding carboxylic acids is 1. The molecule has 20 heavy (non-hydrogen) atoms. The number of hydrogen-bond acceptors (Lipinski definition) is 6. The number of hydrogen-bond donors (Lipinski definition) is 3. The van der Waals surface area contributed by atoms with Crippen LogP contribution < -0.4 is 11.3 Å². The summed E-state index contributed by atoms with van der Waals surface area (Å²) in [6.07, 6.45) is 6.48. The Morgan fingerprint density at radius 2 is 2.25 bits per heavy atom. The molecule has 1 aromatic heterocycles. The lowest BCUT2D eigenvalue weighted by molar-refractivity contribution is 0.0948. The number of amides is 1. The molecule has 8 nitrogen and oxygen atoms in total. The molecule has 1 aromatic rings. The van der Waals surface area contributed by atoms with Crippen LogP contribution in [-0.4, -0.2) is 56.6 Å². The van der Waals surface area contributed by atoms with Gasteiger partial charge in [0.15, 0.2) is 5.69 Å². The first-order chi connectivity index (χ1) is 9.74. The van der Waals surface area contributed by atoms with Crippen molar-refractivity contribution < 1.29 is 9.90 Å². The summed E-state index contributed by atoms with van der Waals surface area (Å²) in [6.45, 7) is 2.27. The minimum atomic E-state index is -0.445. The molecule has 0 spiro atoms. The maximum Gasteiger partial charge on any atom is 0.287 e. The lowest BCUT2D eigenvalue weighted by Gasteiger charge is -2.27. The second kappa shape index (κ2) is 7.32. The Morgan fingerprint density at radius 1 is 1.50 bits per heavy atom. The number of nitrogen functional groups attached to an aromatic ring is 1. The smallest absolute Gasteiger partial charge is 0.287 e. The van der Waals surface area contributed by atoms with E-state index in [0.29, 0.717) is 19.1 Å².